The highest BCUT2D eigenvalue weighted by molar-refractivity contribution is 5.01. The molecule has 1 spiro atoms. The van der Waals surface area contributed by atoms with Crippen LogP contribution in [0.15, 0.2) is 0 Å². The van der Waals surface area contributed by atoms with Gasteiger partial charge in [0.05, 0.1) is 6.10 Å². The molecule has 0 aromatic heterocycles. The van der Waals surface area contributed by atoms with Crippen molar-refractivity contribution in [1.29, 1.82) is 0 Å². The first-order valence-electron chi connectivity index (χ1n) is 8.92. The van der Waals surface area contributed by atoms with Crippen LogP contribution in [0.3, 0.4) is 0 Å². The number of piperazine rings is 1. The van der Waals surface area contributed by atoms with Gasteiger partial charge < -0.3 is 10.1 Å². The van der Waals surface area contributed by atoms with E-state index in [0.717, 1.165) is 12.6 Å². The Bertz CT molecular complexity index is 295. The molecule has 3 aliphatic rings. The SMILES string of the molecule is CCCC1CNC2(CCCC2)CN1CC1CCCCO1. The summed E-state index contributed by atoms with van der Waals surface area (Å²) in [5, 5.41) is 3.91. The zero-order valence-corrected chi connectivity index (χ0v) is 13.2. The molecule has 3 nitrogen and oxygen atoms in total. The summed E-state index contributed by atoms with van der Waals surface area (Å²) in [6.45, 7) is 6.93. The highest BCUT2D eigenvalue weighted by atomic mass is 16.5. The lowest BCUT2D eigenvalue weighted by Gasteiger charge is -2.47. The Morgan fingerprint density at radius 2 is 2.05 bits per heavy atom. The lowest BCUT2D eigenvalue weighted by atomic mass is 9.90. The first-order valence-corrected chi connectivity index (χ1v) is 8.92. The lowest BCUT2D eigenvalue weighted by Crippen LogP contribution is -2.64. The van der Waals surface area contributed by atoms with E-state index in [1.807, 2.05) is 0 Å². The van der Waals surface area contributed by atoms with E-state index in [1.165, 1.54) is 77.4 Å². The first-order chi connectivity index (χ1) is 9.81. The van der Waals surface area contributed by atoms with Crippen molar-refractivity contribution in [3.63, 3.8) is 0 Å². The summed E-state index contributed by atoms with van der Waals surface area (Å²) in [6.07, 6.45) is 12.6. The molecule has 0 aromatic carbocycles. The summed E-state index contributed by atoms with van der Waals surface area (Å²) in [7, 11) is 0. The molecule has 2 atom stereocenters. The summed E-state index contributed by atoms with van der Waals surface area (Å²) >= 11 is 0. The van der Waals surface area contributed by atoms with Gasteiger partial charge in [0.1, 0.15) is 0 Å². The monoisotopic (exact) mass is 280 g/mol. The Morgan fingerprint density at radius 3 is 2.75 bits per heavy atom. The zero-order chi connectivity index (χ0) is 13.8. The predicted molar refractivity (Wildman–Crippen MR) is 83.1 cm³/mol. The van der Waals surface area contributed by atoms with Crippen LogP contribution in [0.4, 0.5) is 0 Å². The molecule has 0 radical (unpaired) electrons. The zero-order valence-electron chi connectivity index (χ0n) is 13.2. The topological polar surface area (TPSA) is 24.5 Å². The Kier molecular flexibility index (Phi) is 5.00. The number of hydrogen-bond acceptors (Lipinski definition) is 3. The molecule has 116 valence electrons. The minimum absolute atomic E-state index is 0.443. The van der Waals surface area contributed by atoms with E-state index >= 15 is 0 Å². The molecule has 1 saturated carbocycles. The molecule has 1 aliphatic carbocycles. The molecule has 2 saturated heterocycles. The summed E-state index contributed by atoms with van der Waals surface area (Å²) < 4.78 is 6.00. The van der Waals surface area contributed by atoms with Crippen molar-refractivity contribution >= 4 is 0 Å². The molecule has 2 unspecified atom stereocenters. The van der Waals surface area contributed by atoms with Gasteiger partial charge in [0, 0.05) is 37.8 Å². The molecule has 0 bridgehead atoms. The summed E-state index contributed by atoms with van der Waals surface area (Å²) in [4.78, 5) is 2.78. The maximum atomic E-state index is 6.00. The van der Waals surface area contributed by atoms with Crippen molar-refractivity contribution in [3.05, 3.63) is 0 Å². The van der Waals surface area contributed by atoms with Crippen LogP contribution in [-0.2, 0) is 4.74 Å². The van der Waals surface area contributed by atoms with Crippen LogP contribution in [0.2, 0.25) is 0 Å². The van der Waals surface area contributed by atoms with Gasteiger partial charge in [0.25, 0.3) is 0 Å². The van der Waals surface area contributed by atoms with Gasteiger partial charge in [-0.2, -0.15) is 0 Å². The fraction of sp³-hybridized carbons (Fsp3) is 1.00. The molecular formula is C17H32N2O. The molecule has 20 heavy (non-hydrogen) atoms. The van der Waals surface area contributed by atoms with Crippen LogP contribution in [0, 0.1) is 0 Å². The van der Waals surface area contributed by atoms with Crippen LogP contribution in [-0.4, -0.2) is 48.8 Å². The molecule has 3 heteroatoms. The third-order valence-electron chi connectivity index (χ3n) is 5.63. The number of nitrogens with zero attached hydrogens (tertiary/aromatic N) is 1. The van der Waals surface area contributed by atoms with Crippen LogP contribution in [0.1, 0.15) is 64.7 Å². The average molecular weight is 280 g/mol. The largest absolute Gasteiger partial charge is 0.377 e. The predicted octanol–water partition coefficient (Wildman–Crippen LogP) is 2.94. The quantitative estimate of drug-likeness (QED) is 0.857. The van der Waals surface area contributed by atoms with Gasteiger partial charge >= 0.3 is 0 Å². The van der Waals surface area contributed by atoms with Crippen molar-refractivity contribution in [1.82, 2.24) is 10.2 Å². The molecule has 3 rings (SSSR count). The Labute approximate surface area is 124 Å². The first kappa shape index (κ1) is 14.8. The van der Waals surface area contributed by atoms with E-state index in [2.05, 4.69) is 17.1 Å². The van der Waals surface area contributed by atoms with E-state index in [0.29, 0.717) is 11.6 Å². The van der Waals surface area contributed by atoms with Crippen LogP contribution in [0.25, 0.3) is 0 Å². The minimum atomic E-state index is 0.443. The van der Waals surface area contributed by atoms with Crippen molar-refractivity contribution in [3.8, 4) is 0 Å². The normalized spacial score (nSPS) is 34.6. The Morgan fingerprint density at radius 1 is 1.20 bits per heavy atom. The van der Waals surface area contributed by atoms with Gasteiger partial charge in [-0.3, -0.25) is 4.90 Å². The maximum absolute atomic E-state index is 6.00. The molecule has 2 heterocycles. The van der Waals surface area contributed by atoms with E-state index in [4.69, 9.17) is 4.74 Å². The van der Waals surface area contributed by atoms with E-state index in [9.17, 15) is 0 Å². The summed E-state index contributed by atoms with van der Waals surface area (Å²) in [5.41, 5.74) is 0.443. The van der Waals surface area contributed by atoms with Crippen molar-refractivity contribution in [2.45, 2.75) is 82.4 Å². The molecule has 0 aromatic rings. The second-order valence-electron chi connectivity index (χ2n) is 7.23. The van der Waals surface area contributed by atoms with Gasteiger partial charge in [0.2, 0.25) is 0 Å². The second kappa shape index (κ2) is 6.76. The van der Waals surface area contributed by atoms with Crippen molar-refractivity contribution in [2.24, 2.45) is 0 Å². The third kappa shape index (κ3) is 3.37. The Balaban J connectivity index is 1.61. The van der Waals surface area contributed by atoms with Crippen LogP contribution >= 0.6 is 0 Å². The minimum Gasteiger partial charge on any atom is -0.377 e. The smallest absolute Gasteiger partial charge is 0.0702 e. The fourth-order valence-corrected chi connectivity index (χ4v) is 4.47. The van der Waals surface area contributed by atoms with Gasteiger partial charge in [-0.1, -0.05) is 26.2 Å². The van der Waals surface area contributed by atoms with Crippen LogP contribution in [0.5, 0.6) is 0 Å². The molecule has 0 amide bonds. The van der Waals surface area contributed by atoms with Crippen molar-refractivity contribution in [2.75, 3.05) is 26.2 Å². The molecule has 1 N–H and O–H groups in total. The number of hydrogen-bond donors (Lipinski definition) is 1. The van der Waals surface area contributed by atoms with Crippen molar-refractivity contribution < 1.29 is 4.74 Å². The molecule has 3 fully saturated rings. The average Bonchev–Trinajstić information content (AvgIpc) is 2.92. The summed E-state index contributed by atoms with van der Waals surface area (Å²) in [5.74, 6) is 0. The van der Waals surface area contributed by atoms with Gasteiger partial charge in [-0.15, -0.1) is 0 Å². The van der Waals surface area contributed by atoms with Gasteiger partial charge in [-0.05, 0) is 38.5 Å². The maximum Gasteiger partial charge on any atom is 0.0702 e. The molecular weight excluding hydrogens is 248 g/mol. The second-order valence-corrected chi connectivity index (χ2v) is 7.23. The van der Waals surface area contributed by atoms with E-state index in [-0.39, 0.29) is 0 Å². The van der Waals surface area contributed by atoms with E-state index in [1.54, 1.807) is 0 Å². The highest BCUT2D eigenvalue weighted by Gasteiger charge is 2.41. The number of rotatable bonds is 4. The fourth-order valence-electron chi connectivity index (χ4n) is 4.47. The third-order valence-corrected chi connectivity index (χ3v) is 5.63. The number of nitrogens with one attached hydrogen (secondary N) is 1. The highest BCUT2D eigenvalue weighted by Crippen LogP contribution is 2.34. The van der Waals surface area contributed by atoms with Gasteiger partial charge in [-0.25, -0.2) is 0 Å². The molecule has 2 aliphatic heterocycles. The summed E-state index contributed by atoms with van der Waals surface area (Å²) in [6, 6.07) is 0.733. The standard InChI is InChI=1S/C17H32N2O/c1-2-7-15-12-18-17(9-4-5-10-17)14-19(15)13-16-8-3-6-11-20-16/h15-16,18H,2-14H2,1H3. The van der Waals surface area contributed by atoms with Gasteiger partial charge in [0.15, 0.2) is 0 Å². The van der Waals surface area contributed by atoms with E-state index < -0.39 is 0 Å². The number of ether oxygens (including phenoxy) is 1. The lowest BCUT2D eigenvalue weighted by molar-refractivity contribution is -0.0305. The van der Waals surface area contributed by atoms with Crippen LogP contribution < -0.4 is 5.32 Å². The Hall–Kier alpha value is -0.120.